The summed E-state index contributed by atoms with van der Waals surface area (Å²) in [5.41, 5.74) is 5.79. The van der Waals surface area contributed by atoms with E-state index in [1.807, 2.05) is 0 Å². The van der Waals surface area contributed by atoms with Crippen LogP contribution in [0.4, 0.5) is 0 Å². The average molecular weight is 415 g/mol. The second-order valence-corrected chi connectivity index (χ2v) is 8.97. The summed E-state index contributed by atoms with van der Waals surface area (Å²) >= 11 is 6.74. The molecule has 1 saturated carbocycles. The normalized spacial score (nSPS) is 26.2. The van der Waals surface area contributed by atoms with Crippen LogP contribution in [0.2, 0.25) is 5.02 Å². The van der Waals surface area contributed by atoms with Crippen LogP contribution in [0.25, 0.3) is 0 Å². The third-order valence-electron chi connectivity index (χ3n) is 6.38. The van der Waals surface area contributed by atoms with Gasteiger partial charge in [0, 0.05) is 24.8 Å². The van der Waals surface area contributed by atoms with E-state index in [0.29, 0.717) is 24.5 Å². The lowest BCUT2D eigenvalue weighted by atomic mass is 9.89. The highest BCUT2D eigenvalue weighted by Gasteiger charge is 2.33. The van der Waals surface area contributed by atoms with Crippen LogP contribution >= 0.6 is 11.6 Å². The summed E-state index contributed by atoms with van der Waals surface area (Å²) in [6.45, 7) is 0.528. The van der Waals surface area contributed by atoms with Crippen LogP contribution < -0.4 is 4.74 Å². The Morgan fingerprint density at radius 3 is 2.62 bits per heavy atom. The largest absolute Gasteiger partial charge is 0.491 e. The molecule has 0 bridgehead atoms. The molecule has 0 aromatic heterocycles. The van der Waals surface area contributed by atoms with Crippen LogP contribution in [-0.4, -0.2) is 35.6 Å². The lowest BCUT2D eigenvalue weighted by molar-refractivity contribution is -0.114. The van der Waals surface area contributed by atoms with Gasteiger partial charge in [0.15, 0.2) is 0 Å². The van der Waals surface area contributed by atoms with E-state index in [4.69, 9.17) is 21.1 Å². The first-order chi connectivity index (χ1) is 14.1. The van der Waals surface area contributed by atoms with Gasteiger partial charge in [0.1, 0.15) is 5.75 Å². The fraction of sp³-hybridized carbons (Fsp3) is 0.500. The van der Waals surface area contributed by atoms with Crippen molar-refractivity contribution in [2.45, 2.75) is 62.8 Å². The Hall–Kier alpha value is -1.59. The van der Waals surface area contributed by atoms with E-state index < -0.39 is 6.10 Å². The molecule has 1 aliphatic carbocycles. The van der Waals surface area contributed by atoms with Gasteiger partial charge < -0.3 is 19.7 Å². The van der Waals surface area contributed by atoms with Crippen molar-refractivity contribution in [1.82, 2.24) is 0 Å². The lowest BCUT2D eigenvalue weighted by Crippen LogP contribution is -2.33. The number of aliphatic hydroxyl groups is 2. The number of aliphatic hydroxyl groups excluding tert-OH is 2. The maximum Gasteiger partial charge on any atom is 0.141 e. The zero-order valence-corrected chi connectivity index (χ0v) is 17.2. The molecular weight excluding hydrogens is 388 g/mol. The van der Waals surface area contributed by atoms with Gasteiger partial charge >= 0.3 is 0 Å². The molecule has 154 valence electrons. The van der Waals surface area contributed by atoms with Crippen molar-refractivity contribution in [3.05, 3.63) is 63.2 Å². The zero-order valence-electron chi connectivity index (χ0n) is 16.4. The molecule has 2 heterocycles. The van der Waals surface area contributed by atoms with Crippen molar-refractivity contribution in [2.24, 2.45) is 0 Å². The van der Waals surface area contributed by atoms with Crippen molar-refractivity contribution >= 4 is 11.6 Å². The van der Waals surface area contributed by atoms with Crippen molar-refractivity contribution in [1.29, 1.82) is 0 Å². The molecule has 0 spiro atoms. The molecular formula is C24H27ClO4. The highest BCUT2D eigenvalue weighted by molar-refractivity contribution is 6.33. The Balaban J connectivity index is 1.46. The van der Waals surface area contributed by atoms with E-state index >= 15 is 0 Å². The van der Waals surface area contributed by atoms with Crippen molar-refractivity contribution < 1.29 is 19.7 Å². The summed E-state index contributed by atoms with van der Waals surface area (Å²) in [7, 11) is 0. The predicted molar refractivity (Wildman–Crippen MR) is 112 cm³/mol. The molecule has 29 heavy (non-hydrogen) atoms. The van der Waals surface area contributed by atoms with Crippen molar-refractivity contribution in [3.63, 3.8) is 0 Å². The van der Waals surface area contributed by atoms with Crippen LogP contribution in [0, 0.1) is 0 Å². The molecule has 5 rings (SSSR count). The number of hydrogen-bond donors (Lipinski definition) is 2. The first-order valence-electron chi connectivity index (χ1n) is 10.6. The molecule has 5 heteroatoms. The standard InChI is InChI=1S/C24H27ClO4/c25-23-17(9-14-1-3-15(4-2-14)16-5-6-16)10-21(20-7-8-28-24(20)23)22-12-18(27)11-19(13-26)29-22/h1-4,10,16,18-19,22,26-27H,5-9,11-13H2/t18?,19-,22+/m0/s1. The zero-order chi connectivity index (χ0) is 20.0. The number of rotatable bonds is 5. The van der Waals surface area contributed by atoms with Crippen LogP contribution in [0.5, 0.6) is 5.75 Å². The van der Waals surface area contributed by atoms with Gasteiger partial charge in [0.25, 0.3) is 0 Å². The Morgan fingerprint density at radius 2 is 1.90 bits per heavy atom. The second-order valence-electron chi connectivity index (χ2n) is 8.59. The van der Waals surface area contributed by atoms with E-state index in [-0.39, 0.29) is 18.8 Å². The fourth-order valence-corrected chi connectivity index (χ4v) is 4.97. The summed E-state index contributed by atoms with van der Waals surface area (Å²) in [6.07, 6.45) is 4.07. The summed E-state index contributed by atoms with van der Waals surface area (Å²) in [5.74, 6) is 1.51. The SMILES string of the molecule is OC[C@@H]1CC(O)C[C@H](c2cc(Cc3ccc(C4CC4)cc3)c(Cl)c3c2CCO3)O1. The monoisotopic (exact) mass is 414 g/mol. The third kappa shape index (κ3) is 3.91. The van der Waals surface area contributed by atoms with E-state index in [1.54, 1.807) is 0 Å². The maximum absolute atomic E-state index is 10.3. The minimum atomic E-state index is -0.474. The molecule has 2 fully saturated rings. The Morgan fingerprint density at radius 1 is 1.10 bits per heavy atom. The molecule has 1 unspecified atom stereocenters. The molecule has 2 aromatic carbocycles. The molecule has 1 saturated heterocycles. The van der Waals surface area contributed by atoms with Crippen molar-refractivity contribution in [3.8, 4) is 5.75 Å². The minimum absolute atomic E-state index is 0.0833. The first kappa shape index (κ1) is 19.4. The molecule has 2 aromatic rings. The van der Waals surface area contributed by atoms with Crippen LogP contribution in [-0.2, 0) is 17.6 Å². The molecule has 4 nitrogen and oxygen atoms in total. The topological polar surface area (TPSA) is 58.9 Å². The van der Waals surface area contributed by atoms with Crippen LogP contribution in [0.15, 0.2) is 30.3 Å². The molecule has 2 N–H and O–H groups in total. The van der Waals surface area contributed by atoms with Crippen LogP contribution in [0.3, 0.4) is 0 Å². The summed E-state index contributed by atoms with van der Waals surface area (Å²) in [4.78, 5) is 0. The Bertz CT molecular complexity index is 891. The molecule has 2 aliphatic heterocycles. The van der Waals surface area contributed by atoms with Gasteiger partial charge in [-0.3, -0.25) is 0 Å². The van der Waals surface area contributed by atoms with Crippen molar-refractivity contribution in [2.75, 3.05) is 13.2 Å². The Kier molecular flexibility index (Phi) is 5.29. The molecule has 3 aliphatic rings. The summed E-state index contributed by atoms with van der Waals surface area (Å²) < 4.78 is 12.0. The fourth-order valence-electron chi connectivity index (χ4n) is 4.68. The molecule has 0 amide bonds. The van der Waals surface area contributed by atoms with E-state index in [0.717, 1.165) is 41.2 Å². The van der Waals surface area contributed by atoms with E-state index in [1.165, 1.54) is 24.0 Å². The second kappa shape index (κ2) is 7.92. The number of benzene rings is 2. The predicted octanol–water partition coefficient (Wildman–Crippen LogP) is 4.32. The van der Waals surface area contributed by atoms with Gasteiger partial charge in [-0.25, -0.2) is 0 Å². The first-order valence-corrected chi connectivity index (χ1v) is 11.0. The lowest BCUT2D eigenvalue weighted by Gasteiger charge is -2.33. The van der Waals surface area contributed by atoms with Gasteiger partial charge in [-0.05, 0) is 47.4 Å². The average Bonchev–Trinajstić information content (AvgIpc) is 3.46. The third-order valence-corrected chi connectivity index (χ3v) is 6.80. The van der Waals surface area contributed by atoms with Gasteiger partial charge in [-0.2, -0.15) is 0 Å². The number of fused-ring (bicyclic) bond motifs is 1. The van der Waals surface area contributed by atoms with E-state index in [2.05, 4.69) is 30.3 Å². The van der Waals surface area contributed by atoms with Gasteiger partial charge in [-0.1, -0.05) is 41.9 Å². The molecule has 3 atom stereocenters. The number of hydrogen-bond acceptors (Lipinski definition) is 4. The van der Waals surface area contributed by atoms with E-state index in [9.17, 15) is 10.2 Å². The van der Waals surface area contributed by atoms with Gasteiger partial charge in [-0.15, -0.1) is 0 Å². The smallest absolute Gasteiger partial charge is 0.141 e. The van der Waals surface area contributed by atoms with Gasteiger partial charge in [0.2, 0.25) is 0 Å². The highest BCUT2D eigenvalue weighted by atomic mass is 35.5. The summed E-state index contributed by atoms with van der Waals surface area (Å²) in [5, 5.41) is 20.5. The minimum Gasteiger partial charge on any atom is -0.491 e. The molecule has 0 radical (unpaired) electrons. The summed E-state index contributed by atoms with van der Waals surface area (Å²) in [6, 6.07) is 11.0. The number of ether oxygens (including phenoxy) is 2. The number of halogens is 1. The quantitative estimate of drug-likeness (QED) is 0.765. The van der Waals surface area contributed by atoms with Gasteiger partial charge in [0.05, 0.1) is 36.5 Å². The Labute approximate surface area is 176 Å². The maximum atomic E-state index is 10.3. The highest BCUT2D eigenvalue weighted by Crippen LogP contribution is 2.45. The van der Waals surface area contributed by atoms with Crippen LogP contribution in [0.1, 0.15) is 65.5 Å².